The monoisotopic (exact) mass is 518 g/mol. The number of carbonyl (C=O) groups excluding carboxylic acids is 1. The summed E-state index contributed by atoms with van der Waals surface area (Å²) in [6, 6.07) is 8.22. The number of aliphatic imine (C=N–C) groups is 1. The number of benzene rings is 1. The Hall–Kier alpha value is -1.35. The van der Waals surface area contributed by atoms with Crippen LogP contribution in [0.4, 0.5) is 0 Å². The van der Waals surface area contributed by atoms with E-state index in [0.29, 0.717) is 25.5 Å². The van der Waals surface area contributed by atoms with Gasteiger partial charge in [0.15, 0.2) is 5.96 Å². The first-order valence-corrected chi connectivity index (χ1v) is 10.3. The second-order valence-corrected chi connectivity index (χ2v) is 8.16. The van der Waals surface area contributed by atoms with Gasteiger partial charge in [0.2, 0.25) is 5.91 Å². The molecule has 0 aliphatic carbocycles. The molecule has 0 aliphatic rings. The second kappa shape index (κ2) is 13.8. The van der Waals surface area contributed by atoms with Gasteiger partial charge < -0.3 is 21.1 Å². The summed E-state index contributed by atoms with van der Waals surface area (Å²) in [5.74, 6) is 0.626. The molecule has 0 fully saturated rings. The summed E-state index contributed by atoms with van der Waals surface area (Å²) in [6.07, 6.45) is 0.627. The molecule has 0 bridgehead atoms. The first kappa shape index (κ1) is 27.6. The van der Waals surface area contributed by atoms with Crippen molar-refractivity contribution in [3.63, 3.8) is 0 Å². The summed E-state index contributed by atoms with van der Waals surface area (Å²) in [6.45, 7) is 14.0. The average molecular weight is 518 g/mol. The number of rotatable bonds is 9. The summed E-state index contributed by atoms with van der Waals surface area (Å²) in [5.41, 5.74) is 2.17. The number of hydrogen-bond acceptors (Lipinski definition) is 3. The summed E-state index contributed by atoms with van der Waals surface area (Å²) in [7, 11) is 0. The summed E-state index contributed by atoms with van der Waals surface area (Å²) >= 11 is 0. The van der Waals surface area contributed by atoms with E-state index in [9.17, 15) is 9.90 Å². The third-order valence-corrected chi connectivity index (χ3v) is 4.59. The van der Waals surface area contributed by atoms with Gasteiger partial charge in [-0.05, 0) is 36.8 Å². The van der Waals surface area contributed by atoms with Crippen LogP contribution in [-0.4, -0.2) is 42.6 Å². The molecular weight excluding hydrogens is 479 g/mol. The first-order valence-electron chi connectivity index (χ1n) is 10.3. The number of carbonyl (C=O) groups is 1. The lowest BCUT2D eigenvalue weighted by molar-refractivity contribution is -0.121. The van der Waals surface area contributed by atoms with Crippen LogP contribution >= 0.6 is 24.0 Å². The molecule has 166 valence electrons. The molecule has 0 heterocycles. The van der Waals surface area contributed by atoms with Crippen molar-refractivity contribution in [3.05, 3.63) is 35.4 Å². The number of aliphatic hydroxyl groups is 1. The molecule has 2 unspecified atom stereocenters. The van der Waals surface area contributed by atoms with Crippen LogP contribution in [0, 0.1) is 0 Å². The summed E-state index contributed by atoms with van der Waals surface area (Å²) in [4.78, 5) is 16.3. The van der Waals surface area contributed by atoms with E-state index in [1.54, 1.807) is 0 Å². The van der Waals surface area contributed by atoms with Gasteiger partial charge in [-0.1, -0.05) is 52.0 Å². The molecule has 0 radical (unpaired) electrons. The van der Waals surface area contributed by atoms with Crippen molar-refractivity contribution in [3.8, 4) is 0 Å². The quantitative estimate of drug-likeness (QED) is 0.229. The molecular formula is C22H39IN4O2. The molecule has 1 rings (SSSR count). The van der Waals surface area contributed by atoms with E-state index in [-0.39, 0.29) is 47.9 Å². The molecule has 1 amide bonds. The molecule has 1 aromatic carbocycles. The third kappa shape index (κ3) is 10.8. The fourth-order valence-corrected chi connectivity index (χ4v) is 2.57. The van der Waals surface area contributed by atoms with E-state index in [0.717, 1.165) is 12.0 Å². The molecule has 0 saturated carbocycles. The normalized spacial score (nSPS) is 13.8. The topological polar surface area (TPSA) is 85.8 Å². The predicted octanol–water partition coefficient (Wildman–Crippen LogP) is 3.50. The zero-order valence-corrected chi connectivity index (χ0v) is 21.0. The maximum Gasteiger partial charge on any atom is 0.221 e. The second-order valence-electron chi connectivity index (χ2n) is 8.16. The Balaban J connectivity index is 0.00000784. The molecule has 0 saturated heterocycles. The van der Waals surface area contributed by atoms with Crippen molar-refractivity contribution < 1.29 is 9.90 Å². The highest BCUT2D eigenvalue weighted by molar-refractivity contribution is 14.0. The molecule has 0 aromatic heterocycles. The maximum absolute atomic E-state index is 11.8. The maximum atomic E-state index is 11.8. The fraction of sp³-hybridized carbons (Fsp3) is 0.636. The number of halogens is 1. The Bertz CT molecular complexity index is 627. The van der Waals surface area contributed by atoms with Gasteiger partial charge in [-0.2, -0.15) is 0 Å². The molecule has 4 N–H and O–H groups in total. The van der Waals surface area contributed by atoms with Gasteiger partial charge >= 0.3 is 0 Å². The van der Waals surface area contributed by atoms with E-state index in [4.69, 9.17) is 0 Å². The highest BCUT2D eigenvalue weighted by Crippen LogP contribution is 2.24. The van der Waals surface area contributed by atoms with Crippen LogP contribution in [0.15, 0.2) is 29.3 Å². The van der Waals surface area contributed by atoms with Gasteiger partial charge in [-0.3, -0.25) is 9.79 Å². The van der Waals surface area contributed by atoms with Crippen molar-refractivity contribution in [2.75, 3.05) is 19.6 Å². The highest BCUT2D eigenvalue weighted by atomic mass is 127. The van der Waals surface area contributed by atoms with Gasteiger partial charge in [0.25, 0.3) is 0 Å². The number of hydrogen-bond donors (Lipinski definition) is 4. The molecule has 0 aliphatic heterocycles. The summed E-state index contributed by atoms with van der Waals surface area (Å²) in [5, 5.41) is 19.7. The SMILES string of the molecule is CCNC(=NCC(O)c1ccc(C(C)(C)C)cc1)NCCC(=O)NC(C)CC.I. The number of aliphatic hydroxyl groups excluding tert-OH is 1. The van der Waals surface area contributed by atoms with Crippen molar-refractivity contribution in [1.29, 1.82) is 0 Å². The van der Waals surface area contributed by atoms with Gasteiger partial charge in [-0.15, -0.1) is 24.0 Å². The van der Waals surface area contributed by atoms with Crippen LogP contribution in [-0.2, 0) is 10.2 Å². The number of nitrogens with one attached hydrogen (secondary N) is 3. The highest BCUT2D eigenvalue weighted by Gasteiger charge is 2.14. The first-order chi connectivity index (χ1) is 13.2. The Kier molecular flexibility index (Phi) is 13.2. The molecule has 7 heteroatoms. The minimum absolute atomic E-state index is 0. The third-order valence-electron chi connectivity index (χ3n) is 4.59. The van der Waals surface area contributed by atoms with E-state index in [1.807, 2.05) is 32.9 Å². The van der Waals surface area contributed by atoms with Crippen molar-refractivity contribution in [2.45, 2.75) is 71.9 Å². The van der Waals surface area contributed by atoms with Crippen molar-refractivity contribution in [1.82, 2.24) is 16.0 Å². The minimum atomic E-state index is -0.668. The molecule has 2 atom stereocenters. The number of amides is 1. The zero-order valence-electron chi connectivity index (χ0n) is 18.7. The van der Waals surface area contributed by atoms with Crippen LogP contribution in [0.5, 0.6) is 0 Å². The van der Waals surface area contributed by atoms with Crippen LogP contribution in [0.1, 0.15) is 71.6 Å². The van der Waals surface area contributed by atoms with Crippen LogP contribution < -0.4 is 16.0 Å². The Labute approximate surface area is 193 Å². The largest absolute Gasteiger partial charge is 0.386 e. The van der Waals surface area contributed by atoms with E-state index >= 15 is 0 Å². The van der Waals surface area contributed by atoms with Crippen molar-refractivity contribution >= 4 is 35.8 Å². The zero-order chi connectivity index (χ0) is 21.2. The predicted molar refractivity (Wildman–Crippen MR) is 132 cm³/mol. The number of nitrogens with zero attached hydrogens (tertiary/aromatic N) is 1. The van der Waals surface area contributed by atoms with Gasteiger partial charge in [0.05, 0.1) is 12.6 Å². The molecule has 0 spiro atoms. The van der Waals surface area contributed by atoms with Gasteiger partial charge in [0, 0.05) is 25.6 Å². The fourth-order valence-electron chi connectivity index (χ4n) is 2.57. The molecule has 6 nitrogen and oxygen atoms in total. The van der Waals surface area contributed by atoms with E-state index < -0.39 is 6.10 Å². The standard InChI is InChI=1S/C22H38N4O2.HI/c1-7-16(3)26-20(28)13-14-24-21(23-8-2)25-15-19(27)17-9-11-18(12-10-17)22(4,5)6;/h9-12,16,19,27H,7-8,13-15H2,1-6H3,(H,26,28)(H2,23,24,25);1H. The number of guanidine groups is 1. The van der Waals surface area contributed by atoms with Gasteiger partial charge in [0.1, 0.15) is 0 Å². The van der Waals surface area contributed by atoms with Crippen LogP contribution in [0.2, 0.25) is 0 Å². The van der Waals surface area contributed by atoms with E-state index in [1.165, 1.54) is 5.56 Å². The minimum Gasteiger partial charge on any atom is -0.386 e. The van der Waals surface area contributed by atoms with Crippen LogP contribution in [0.3, 0.4) is 0 Å². The van der Waals surface area contributed by atoms with Crippen molar-refractivity contribution in [2.24, 2.45) is 4.99 Å². The lowest BCUT2D eigenvalue weighted by atomic mass is 9.86. The lowest BCUT2D eigenvalue weighted by Crippen LogP contribution is -2.40. The average Bonchev–Trinajstić information content (AvgIpc) is 2.65. The Morgan fingerprint density at radius 3 is 2.28 bits per heavy atom. The lowest BCUT2D eigenvalue weighted by Gasteiger charge is -2.20. The van der Waals surface area contributed by atoms with E-state index in [2.05, 4.69) is 53.8 Å². The Morgan fingerprint density at radius 1 is 1.14 bits per heavy atom. The van der Waals surface area contributed by atoms with Gasteiger partial charge in [-0.25, -0.2) is 0 Å². The molecule has 29 heavy (non-hydrogen) atoms. The molecule has 1 aromatic rings. The Morgan fingerprint density at radius 2 is 1.76 bits per heavy atom. The smallest absolute Gasteiger partial charge is 0.221 e. The summed E-state index contributed by atoms with van der Waals surface area (Å²) < 4.78 is 0. The van der Waals surface area contributed by atoms with Crippen LogP contribution in [0.25, 0.3) is 0 Å².